The normalized spacial score (nSPS) is 21.9. The summed E-state index contributed by atoms with van der Waals surface area (Å²) in [6, 6.07) is 8.39. The van der Waals surface area contributed by atoms with Gasteiger partial charge in [0.05, 0.1) is 17.1 Å². The molecule has 1 aliphatic carbocycles. The third-order valence-electron chi connectivity index (χ3n) is 7.12. The molecule has 9 nitrogen and oxygen atoms in total. The lowest BCUT2D eigenvalue weighted by Crippen LogP contribution is -2.49. The van der Waals surface area contributed by atoms with Gasteiger partial charge < -0.3 is 21.7 Å². The van der Waals surface area contributed by atoms with Gasteiger partial charge in [-0.15, -0.1) is 0 Å². The second kappa shape index (κ2) is 8.88. The maximum absolute atomic E-state index is 13.0. The first-order chi connectivity index (χ1) is 16.0. The molecule has 1 saturated carbocycles. The fourth-order valence-corrected chi connectivity index (χ4v) is 5.15. The molecule has 2 unspecified atom stereocenters. The van der Waals surface area contributed by atoms with Crippen LogP contribution in [0, 0.1) is 5.92 Å². The third kappa shape index (κ3) is 4.44. The van der Waals surface area contributed by atoms with Gasteiger partial charge in [-0.1, -0.05) is 25.3 Å². The van der Waals surface area contributed by atoms with Gasteiger partial charge in [-0.3, -0.25) is 9.89 Å². The van der Waals surface area contributed by atoms with Crippen LogP contribution in [0.5, 0.6) is 0 Å². The molecule has 3 aromatic rings. The Morgan fingerprint density at radius 1 is 1.09 bits per heavy atom. The van der Waals surface area contributed by atoms with Crippen molar-refractivity contribution in [1.82, 2.24) is 25.5 Å². The van der Waals surface area contributed by atoms with Gasteiger partial charge in [-0.25, -0.2) is 4.98 Å². The Hall–Kier alpha value is -3.36. The zero-order valence-corrected chi connectivity index (χ0v) is 19.1. The molecule has 6 N–H and O–H groups in total. The maximum atomic E-state index is 13.0. The van der Waals surface area contributed by atoms with E-state index >= 15 is 0 Å². The molecule has 1 amide bonds. The van der Waals surface area contributed by atoms with Gasteiger partial charge in [0.2, 0.25) is 11.9 Å². The van der Waals surface area contributed by atoms with Crippen molar-refractivity contribution in [1.29, 1.82) is 0 Å². The summed E-state index contributed by atoms with van der Waals surface area (Å²) in [6.07, 6.45) is 7.70. The summed E-state index contributed by atoms with van der Waals surface area (Å²) in [5, 5.41) is 11.2. The molecule has 2 atom stereocenters. The highest BCUT2D eigenvalue weighted by atomic mass is 16.2. The number of piperidine rings is 1. The highest BCUT2D eigenvalue weighted by Gasteiger charge is 2.32. The van der Waals surface area contributed by atoms with Crippen LogP contribution in [0.4, 0.5) is 17.6 Å². The topological polar surface area (TPSA) is 139 Å². The van der Waals surface area contributed by atoms with Crippen LogP contribution in [0.15, 0.2) is 24.3 Å². The van der Waals surface area contributed by atoms with E-state index in [1.165, 1.54) is 19.3 Å². The van der Waals surface area contributed by atoms with Crippen LogP contribution in [-0.4, -0.2) is 44.7 Å². The fraction of sp³-hybridized carbons (Fsp3) is 0.500. The van der Waals surface area contributed by atoms with Crippen LogP contribution in [0.25, 0.3) is 22.2 Å². The number of nitrogens with two attached hydrogens (primary N) is 2. The molecule has 0 spiro atoms. The summed E-state index contributed by atoms with van der Waals surface area (Å²) < 4.78 is 0. The quantitative estimate of drug-likeness (QED) is 0.480. The Labute approximate surface area is 193 Å². The lowest BCUT2D eigenvalue weighted by atomic mass is 9.90. The van der Waals surface area contributed by atoms with E-state index in [0.717, 1.165) is 53.7 Å². The number of nitrogens with one attached hydrogen (secondary N) is 2. The second-order valence-electron chi connectivity index (χ2n) is 9.46. The minimum atomic E-state index is -0.0490. The van der Waals surface area contributed by atoms with Gasteiger partial charge in [0.15, 0.2) is 5.82 Å². The molecule has 33 heavy (non-hydrogen) atoms. The maximum Gasteiger partial charge on any atom is 0.225 e. The molecule has 174 valence electrons. The number of aromatic amines is 1. The molecule has 2 aliphatic rings. The summed E-state index contributed by atoms with van der Waals surface area (Å²) in [4.78, 5) is 24.2. The van der Waals surface area contributed by atoms with Crippen LogP contribution < -0.4 is 21.7 Å². The molecule has 3 heterocycles. The van der Waals surface area contributed by atoms with Crippen LogP contribution in [0.1, 0.15) is 51.9 Å². The predicted octanol–water partition coefficient (Wildman–Crippen LogP) is 3.24. The number of carbonyl (C=O) groups is 1. The van der Waals surface area contributed by atoms with Gasteiger partial charge in [0, 0.05) is 35.6 Å². The van der Waals surface area contributed by atoms with Gasteiger partial charge in [0.1, 0.15) is 5.82 Å². The Morgan fingerprint density at radius 2 is 1.91 bits per heavy atom. The Balaban J connectivity index is 1.37. The van der Waals surface area contributed by atoms with Crippen molar-refractivity contribution < 1.29 is 4.79 Å². The Bertz CT molecular complexity index is 1150. The fourth-order valence-electron chi connectivity index (χ4n) is 5.15. The number of rotatable bonds is 4. The van der Waals surface area contributed by atoms with E-state index < -0.39 is 0 Å². The SMILES string of the molecule is CC1CCC(C(=O)NC2CCCCC2)CN1c1cc(-c2ccc3c(N)n[nH]c3c2)nc(N)n1. The van der Waals surface area contributed by atoms with E-state index in [1.807, 2.05) is 24.3 Å². The monoisotopic (exact) mass is 448 g/mol. The first kappa shape index (κ1) is 21.5. The molecular weight excluding hydrogens is 416 g/mol. The smallest absolute Gasteiger partial charge is 0.225 e. The van der Waals surface area contributed by atoms with Crippen LogP contribution >= 0.6 is 0 Å². The van der Waals surface area contributed by atoms with Gasteiger partial charge in [-0.05, 0) is 44.7 Å². The van der Waals surface area contributed by atoms with Crippen molar-refractivity contribution in [3.63, 3.8) is 0 Å². The van der Waals surface area contributed by atoms with Crippen molar-refractivity contribution in [3.8, 4) is 11.3 Å². The number of nitrogen functional groups attached to an aromatic ring is 2. The van der Waals surface area contributed by atoms with Crippen molar-refractivity contribution >= 4 is 34.4 Å². The number of amides is 1. The number of H-pyrrole nitrogens is 1. The van der Waals surface area contributed by atoms with Crippen molar-refractivity contribution in [3.05, 3.63) is 24.3 Å². The largest absolute Gasteiger partial charge is 0.382 e. The van der Waals surface area contributed by atoms with Crippen LogP contribution in [0.2, 0.25) is 0 Å². The molecule has 2 fully saturated rings. The standard InChI is InChI=1S/C24H32N8O/c1-14-7-8-16(23(33)27-17-5-3-2-4-6-17)13-32(14)21-12-19(28-24(26)29-21)15-9-10-18-20(11-15)30-31-22(18)25/h9-12,14,16-17H,2-8,13H2,1H3,(H,27,33)(H3,25,30,31)(H2,26,28,29). The summed E-state index contributed by atoms with van der Waals surface area (Å²) in [7, 11) is 0. The number of carbonyl (C=O) groups excluding carboxylic acids is 1. The van der Waals surface area contributed by atoms with E-state index in [2.05, 4.69) is 37.3 Å². The summed E-state index contributed by atoms with van der Waals surface area (Å²) in [6.45, 7) is 2.80. The molecule has 0 bridgehead atoms. The summed E-state index contributed by atoms with van der Waals surface area (Å²) in [5.41, 5.74) is 14.5. The highest BCUT2D eigenvalue weighted by Crippen LogP contribution is 2.31. The first-order valence-electron chi connectivity index (χ1n) is 11.9. The highest BCUT2D eigenvalue weighted by molar-refractivity contribution is 5.91. The molecule has 0 radical (unpaired) electrons. The van der Waals surface area contributed by atoms with Gasteiger partial charge in [-0.2, -0.15) is 10.1 Å². The van der Waals surface area contributed by atoms with E-state index in [-0.39, 0.29) is 23.8 Å². The molecular formula is C24H32N8O. The number of hydrogen-bond acceptors (Lipinski definition) is 7. The first-order valence-corrected chi connectivity index (χ1v) is 11.9. The van der Waals surface area contributed by atoms with E-state index in [4.69, 9.17) is 11.5 Å². The number of aromatic nitrogens is 4. The van der Waals surface area contributed by atoms with Crippen LogP contribution in [0.3, 0.4) is 0 Å². The Kier molecular flexibility index (Phi) is 5.78. The summed E-state index contributed by atoms with van der Waals surface area (Å²) in [5.74, 6) is 1.56. The number of nitrogens with zero attached hydrogens (tertiary/aromatic N) is 4. The number of benzene rings is 1. The molecule has 1 aromatic carbocycles. The molecule has 9 heteroatoms. The summed E-state index contributed by atoms with van der Waals surface area (Å²) >= 11 is 0. The molecule has 2 aromatic heterocycles. The predicted molar refractivity (Wildman–Crippen MR) is 130 cm³/mol. The lowest BCUT2D eigenvalue weighted by Gasteiger charge is -2.39. The zero-order chi connectivity index (χ0) is 22.9. The number of fused-ring (bicyclic) bond motifs is 1. The zero-order valence-electron chi connectivity index (χ0n) is 19.1. The second-order valence-corrected chi connectivity index (χ2v) is 9.46. The molecule has 1 saturated heterocycles. The van der Waals surface area contributed by atoms with E-state index in [9.17, 15) is 4.79 Å². The molecule has 1 aliphatic heterocycles. The third-order valence-corrected chi connectivity index (χ3v) is 7.12. The molecule has 5 rings (SSSR count). The van der Waals surface area contributed by atoms with E-state index in [0.29, 0.717) is 18.4 Å². The lowest BCUT2D eigenvalue weighted by molar-refractivity contribution is -0.126. The Morgan fingerprint density at radius 3 is 2.73 bits per heavy atom. The van der Waals surface area contributed by atoms with Crippen molar-refractivity contribution in [2.45, 2.75) is 64.0 Å². The number of anilines is 3. The van der Waals surface area contributed by atoms with Gasteiger partial charge in [0.25, 0.3) is 0 Å². The average molecular weight is 449 g/mol. The minimum absolute atomic E-state index is 0.0490. The average Bonchev–Trinajstić information content (AvgIpc) is 3.19. The van der Waals surface area contributed by atoms with Crippen LogP contribution in [-0.2, 0) is 4.79 Å². The number of hydrogen-bond donors (Lipinski definition) is 4. The van der Waals surface area contributed by atoms with Crippen molar-refractivity contribution in [2.75, 3.05) is 22.9 Å². The van der Waals surface area contributed by atoms with E-state index in [1.54, 1.807) is 0 Å². The van der Waals surface area contributed by atoms with Crippen molar-refractivity contribution in [2.24, 2.45) is 5.92 Å². The minimum Gasteiger partial charge on any atom is -0.382 e. The van der Waals surface area contributed by atoms with Gasteiger partial charge >= 0.3 is 0 Å².